The van der Waals surface area contributed by atoms with Crippen LogP contribution in [0.5, 0.6) is 0 Å². The van der Waals surface area contributed by atoms with Crippen LogP contribution in [-0.4, -0.2) is 11.2 Å². The van der Waals surface area contributed by atoms with E-state index in [-0.39, 0.29) is 6.10 Å². The Balaban J connectivity index is 2.53. The molecule has 0 radical (unpaired) electrons. The molecule has 0 saturated carbocycles. The summed E-state index contributed by atoms with van der Waals surface area (Å²) in [5, 5.41) is 9.60. The number of aliphatic hydroxyl groups excluding tert-OH is 1. The third-order valence-corrected chi connectivity index (χ3v) is 1.75. The van der Waals surface area contributed by atoms with E-state index in [0.717, 1.165) is 19.3 Å². The molecule has 8 heavy (non-hydrogen) atoms. The molecule has 0 unspecified atom stereocenters. The molecule has 0 amide bonds. The van der Waals surface area contributed by atoms with Crippen molar-refractivity contribution in [3.8, 4) is 0 Å². The molecule has 0 fully saturated rings. The first-order valence-corrected chi connectivity index (χ1v) is 3.22. The Bertz CT molecular complexity index is 109. The zero-order valence-electron chi connectivity index (χ0n) is 4.60. The van der Waals surface area contributed by atoms with E-state index in [0.29, 0.717) is 5.03 Å². The number of allylic oxidation sites excluding steroid dienone is 1. The van der Waals surface area contributed by atoms with Crippen molar-refractivity contribution < 1.29 is 5.11 Å². The highest BCUT2D eigenvalue weighted by Crippen LogP contribution is 2.20. The summed E-state index contributed by atoms with van der Waals surface area (Å²) in [5.41, 5.74) is 0. The first-order valence-electron chi connectivity index (χ1n) is 2.84. The van der Waals surface area contributed by atoms with Crippen LogP contribution in [-0.2, 0) is 0 Å². The van der Waals surface area contributed by atoms with Crippen LogP contribution >= 0.6 is 11.6 Å². The lowest BCUT2D eigenvalue weighted by molar-refractivity contribution is 0.199. The van der Waals surface area contributed by atoms with Crippen molar-refractivity contribution in [3.63, 3.8) is 0 Å². The molecule has 1 aliphatic carbocycles. The Kier molecular flexibility index (Phi) is 1.92. The molecule has 1 rings (SSSR count). The molecule has 1 atom stereocenters. The number of hydrogen-bond acceptors (Lipinski definition) is 1. The van der Waals surface area contributed by atoms with E-state index in [1.807, 2.05) is 6.08 Å². The maximum Gasteiger partial charge on any atom is 0.0892 e. The van der Waals surface area contributed by atoms with Gasteiger partial charge in [-0.15, -0.1) is 0 Å². The Morgan fingerprint density at radius 1 is 1.75 bits per heavy atom. The monoisotopic (exact) mass is 132 g/mol. The van der Waals surface area contributed by atoms with Gasteiger partial charge in [-0.2, -0.15) is 0 Å². The second-order valence-corrected chi connectivity index (χ2v) is 2.47. The van der Waals surface area contributed by atoms with E-state index in [2.05, 4.69) is 0 Å². The average Bonchev–Trinajstić information content (AvgIpc) is 1.77. The van der Waals surface area contributed by atoms with E-state index in [9.17, 15) is 0 Å². The Morgan fingerprint density at radius 2 is 2.50 bits per heavy atom. The molecule has 0 aromatic rings. The van der Waals surface area contributed by atoms with Crippen molar-refractivity contribution in [1.82, 2.24) is 0 Å². The third-order valence-electron chi connectivity index (χ3n) is 1.34. The van der Waals surface area contributed by atoms with Crippen LogP contribution in [0, 0.1) is 0 Å². The van der Waals surface area contributed by atoms with Crippen LogP contribution in [0.25, 0.3) is 0 Å². The minimum Gasteiger partial charge on any atom is -0.388 e. The van der Waals surface area contributed by atoms with Crippen molar-refractivity contribution in [3.05, 3.63) is 11.1 Å². The van der Waals surface area contributed by atoms with Gasteiger partial charge in [0.15, 0.2) is 0 Å². The molecule has 0 aliphatic heterocycles. The van der Waals surface area contributed by atoms with Crippen molar-refractivity contribution >= 4 is 11.6 Å². The van der Waals surface area contributed by atoms with Crippen LogP contribution < -0.4 is 0 Å². The van der Waals surface area contributed by atoms with Crippen molar-refractivity contribution in [2.75, 3.05) is 0 Å². The minimum atomic E-state index is -0.370. The maximum atomic E-state index is 8.98. The number of rotatable bonds is 0. The van der Waals surface area contributed by atoms with Crippen LogP contribution in [0.3, 0.4) is 0 Å². The van der Waals surface area contributed by atoms with E-state index < -0.39 is 0 Å². The molecule has 0 heterocycles. The lowest BCUT2D eigenvalue weighted by Gasteiger charge is -2.12. The van der Waals surface area contributed by atoms with Gasteiger partial charge in [-0.3, -0.25) is 0 Å². The van der Waals surface area contributed by atoms with Crippen LogP contribution in [0.1, 0.15) is 19.3 Å². The Hall–Kier alpha value is -0.0100. The number of hydrogen-bond donors (Lipinski definition) is 1. The van der Waals surface area contributed by atoms with Gasteiger partial charge in [-0.05, 0) is 19.3 Å². The molecule has 0 spiro atoms. The third kappa shape index (κ3) is 1.23. The predicted octanol–water partition coefficient (Wildman–Crippen LogP) is 1.65. The summed E-state index contributed by atoms with van der Waals surface area (Å²) in [6.45, 7) is 0. The van der Waals surface area contributed by atoms with E-state index in [1.54, 1.807) is 0 Å². The predicted molar refractivity (Wildman–Crippen MR) is 33.8 cm³/mol. The van der Waals surface area contributed by atoms with Crippen molar-refractivity contribution in [2.45, 2.75) is 25.4 Å². The molecule has 1 N–H and O–H groups in total. The fourth-order valence-corrected chi connectivity index (χ4v) is 1.04. The lowest BCUT2D eigenvalue weighted by Crippen LogP contribution is -2.09. The second-order valence-electron chi connectivity index (χ2n) is 2.04. The van der Waals surface area contributed by atoms with Gasteiger partial charge in [-0.1, -0.05) is 17.7 Å². The highest BCUT2D eigenvalue weighted by atomic mass is 35.5. The highest BCUT2D eigenvalue weighted by Gasteiger charge is 2.10. The van der Waals surface area contributed by atoms with Gasteiger partial charge in [0, 0.05) is 5.03 Å². The van der Waals surface area contributed by atoms with Gasteiger partial charge in [0.05, 0.1) is 6.10 Å². The number of aliphatic hydroxyl groups is 1. The molecule has 0 aromatic carbocycles. The SMILES string of the molecule is O[C@H]1CCCC=C1Cl. The van der Waals surface area contributed by atoms with Crippen molar-refractivity contribution in [2.24, 2.45) is 0 Å². The summed E-state index contributed by atoms with van der Waals surface area (Å²) in [6, 6.07) is 0. The van der Waals surface area contributed by atoms with Gasteiger partial charge < -0.3 is 5.11 Å². The summed E-state index contributed by atoms with van der Waals surface area (Å²) in [4.78, 5) is 0. The largest absolute Gasteiger partial charge is 0.388 e. The van der Waals surface area contributed by atoms with E-state index in [4.69, 9.17) is 16.7 Å². The fraction of sp³-hybridized carbons (Fsp3) is 0.667. The van der Waals surface area contributed by atoms with Crippen LogP contribution in [0.4, 0.5) is 0 Å². The van der Waals surface area contributed by atoms with Gasteiger partial charge in [0.25, 0.3) is 0 Å². The maximum absolute atomic E-state index is 8.98. The molecule has 0 bridgehead atoms. The van der Waals surface area contributed by atoms with Gasteiger partial charge in [0.1, 0.15) is 0 Å². The minimum absolute atomic E-state index is 0.370. The molecule has 0 saturated heterocycles. The van der Waals surface area contributed by atoms with Crippen LogP contribution in [0.15, 0.2) is 11.1 Å². The second kappa shape index (κ2) is 2.51. The summed E-state index contributed by atoms with van der Waals surface area (Å²) in [7, 11) is 0. The summed E-state index contributed by atoms with van der Waals surface area (Å²) < 4.78 is 0. The van der Waals surface area contributed by atoms with Gasteiger partial charge >= 0.3 is 0 Å². The topological polar surface area (TPSA) is 20.2 Å². The van der Waals surface area contributed by atoms with E-state index in [1.165, 1.54) is 0 Å². The lowest BCUT2D eigenvalue weighted by atomic mass is 10.1. The zero-order chi connectivity index (χ0) is 5.98. The van der Waals surface area contributed by atoms with Crippen molar-refractivity contribution in [1.29, 1.82) is 0 Å². The Morgan fingerprint density at radius 3 is 2.88 bits per heavy atom. The zero-order valence-corrected chi connectivity index (χ0v) is 5.36. The molecular weight excluding hydrogens is 124 g/mol. The molecular formula is C6H9ClO. The molecule has 0 aromatic heterocycles. The summed E-state index contributed by atoms with van der Waals surface area (Å²) in [6.07, 6.45) is 4.43. The van der Waals surface area contributed by atoms with Gasteiger partial charge in [-0.25, -0.2) is 0 Å². The average molecular weight is 133 g/mol. The molecule has 1 aliphatic rings. The summed E-state index contributed by atoms with van der Waals surface area (Å²) in [5.74, 6) is 0. The Labute approximate surface area is 54.0 Å². The standard InChI is InChI=1S/C6H9ClO/c7-5-3-1-2-4-6(5)8/h3,6,8H,1-2,4H2/t6-/m0/s1. The first kappa shape index (κ1) is 6.12. The quantitative estimate of drug-likeness (QED) is 0.532. The van der Waals surface area contributed by atoms with E-state index >= 15 is 0 Å². The normalized spacial score (nSPS) is 29.8. The highest BCUT2D eigenvalue weighted by molar-refractivity contribution is 6.30. The van der Waals surface area contributed by atoms with Crippen LogP contribution in [0.2, 0.25) is 0 Å². The van der Waals surface area contributed by atoms with Gasteiger partial charge in [0.2, 0.25) is 0 Å². The smallest absolute Gasteiger partial charge is 0.0892 e. The fourth-order valence-electron chi connectivity index (χ4n) is 0.825. The summed E-state index contributed by atoms with van der Waals surface area (Å²) >= 11 is 5.58. The molecule has 2 heteroatoms. The number of halogens is 1. The molecule has 46 valence electrons. The molecule has 1 nitrogen and oxygen atoms in total. The first-order chi connectivity index (χ1) is 3.80.